The van der Waals surface area contributed by atoms with Crippen molar-refractivity contribution < 1.29 is 9.53 Å². The summed E-state index contributed by atoms with van der Waals surface area (Å²) in [6.07, 6.45) is 2.44. The molecule has 1 aromatic rings. The van der Waals surface area contributed by atoms with Crippen LogP contribution in [0.3, 0.4) is 0 Å². The van der Waals surface area contributed by atoms with Gasteiger partial charge in [0.1, 0.15) is 12.4 Å². The molecule has 0 amide bonds. The van der Waals surface area contributed by atoms with E-state index in [1.165, 1.54) is 7.11 Å². The molecule has 0 aliphatic carbocycles. The molecule has 1 fully saturated rings. The first kappa shape index (κ1) is 11.4. The van der Waals surface area contributed by atoms with Crippen LogP contribution in [0, 0.1) is 0 Å². The third-order valence-electron chi connectivity index (χ3n) is 2.52. The van der Waals surface area contributed by atoms with Crippen molar-refractivity contribution in [3.63, 3.8) is 0 Å². The van der Waals surface area contributed by atoms with E-state index in [0.29, 0.717) is 5.25 Å². The average Bonchev–Trinajstić information content (AvgIpc) is 2.89. The number of carbonyl (C=O) groups is 1. The molecule has 1 saturated heterocycles. The highest BCUT2D eigenvalue weighted by Crippen LogP contribution is 2.27. The first-order chi connectivity index (χ1) is 7.70. The second-order valence-electron chi connectivity index (χ2n) is 3.68. The summed E-state index contributed by atoms with van der Waals surface area (Å²) in [5.41, 5.74) is 0. The fourth-order valence-electron chi connectivity index (χ4n) is 1.64. The summed E-state index contributed by atoms with van der Waals surface area (Å²) in [5, 5.41) is 12.2. The Morgan fingerprint density at radius 3 is 3.19 bits per heavy atom. The zero-order valence-electron chi connectivity index (χ0n) is 9.21. The summed E-state index contributed by atoms with van der Waals surface area (Å²) in [4.78, 5) is 11.3. The highest BCUT2D eigenvalue weighted by molar-refractivity contribution is 7.99. The van der Waals surface area contributed by atoms with Crippen molar-refractivity contribution in [2.24, 2.45) is 7.05 Å². The number of nitrogens with one attached hydrogen (secondary N) is 1. The molecule has 6 nitrogen and oxygen atoms in total. The van der Waals surface area contributed by atoms with Crippen molar-refractivity contribution in [2.75, 3.05) is 13.7 Å². The van der Waals surface area contributed by atoms with Crippen LogP contribution >= 0.6 is 11.8 Å². The van der Waals surface area contributed by atoms with Crippen molar-refractivity contribution in [3.8, 4) is 0 Å². The topological polar surface area (TPSA) is 69.0 Å². The van der Waals surface area contributed by atoms with Crippen molar-refractivity contribution in [3.05, 3.63) is 6.33 Å². The van der Waals surface area contributed by atoms with Crippen molar-refractivity contribution in [1.82, 2.24) is 20.1 Å². The molecule has 1 aromatic heterocycles. The third kappa shape index (κ3) is 2.35. The predicted molar refractivity (Wildman–Crippen MR) is 59.1 cm³/mol. The molecule has 1 aliphatic rings. The molecule has 88 valence electrons. The standard InChI is InChI=1S/C9H14N4O2S/c1-13-5-11-12-9(13)16-6-3-7(10-4-6)8(14)15-2/h5-7,10H,3-4H2,1-2H3/t6-,7+/m1/s1. The Kier molecular flexibility index (Phi) is 3.45. The van der Waals surface area contributed by atoms with E-state index in [0.717, 1.165) is 18.1 Å². The minimum absolute atomic E-state index is 0.185. The van der Waals surface area contributed by atoms with Gasteiger partial charge in [0.15, 0.2) is 5.16 Å². The Morgan fingerprint density at radius 1 is 1.75 bits per heavy atom. The molecular weight excluding hydrogens is 228 g/mol. The lowest BCUT2D eigenvalue weighted by molar-refractivity contribution is -0.142. The summed E-state index contributed by atoms with van der Waals surface area (Å²) in [7, 11) is 3.32. The summed E-state index contributed by atoms with van der Waals surface area (Å²) in [5.74, 6) is -0.193. The van der Waals surface area contributed by atoms with Crippen LogP contribution in [0.1, 0.15) is 6.42 Å². The van der Waals surface area contributed by atoms with E-state index < -0.39 is 0 Å². The number of methoxy groups -OCH3 is 1. The SMILES string of the molecule is COC(=O)[C@@H]1C[C@@H](Sc2nncn2C)CN1. The minimum Gasteiger partial charge on any atom is -0.468 e. The maximum atomic E-state index is 11.3. The van der Waals surface area contributed by atoms with Crippen LogP contribution in [0.4, 0.5) is 0 Å². The van der Waals surface area contributed by atoms with E-state index in [2.05, 4.69) is 15.5 Å². The van der Waals surface area contributed by atoms with Gasteiger partial charge in [-0.2, -0.15) is 0 Å². The maximum Gasteiger partial charge on any atom is 0.322 e. The number of hydrogen-bond donors (Lipinski definition) is 1. The summed E-state index contributed by atoms with van der Waals surface area (Å²) in [6.45, 7) is 0.789. The largest absolute Gasteiger partial charge is 0.468 e. The molecule has 0 radical (unpaired) electrons. The number of nitrogens with zero attached hydrogens (tertiary/aromatic N) is 3. The van der Waals surface area contributed by atoms with Crippen LogP contribution < -0.4 is 5.32 Å². The summed E-state index contributed by atoms with van der Waals surface area (Å²) < 4.78 is 6.57. The number of aromatic nitrogens is 3. The lowest BCUT2D eigenvalue weighted by Crippen LogP contribution is -2.31. The number of hydrogen-bond acceptors (Lipinski definition) is 6. The van der Waals surface area contributed by atoms with E-state index in [1.807, 2.05) is 11.6 Å². The van der Waals surface area contributed by atoms with Gasteiger partial charge in [-0.05, 0) is 6.42 Å². The molecule has 0 spiro atoms. The molecule has 1 N–H and O–H groups in total. The monoisotopic (exact) mass is 242 g/mol. The zero-order chi connectivity index (χ0) is 11.5. The van der Waals surface area contributed by atoms with Crippen LogP contribution in [0.5, 0.6) is 0 Å². The Labute approximate surface area is 97.8 Å². The summed E-state index contributed by atoms with van der Waals surface area (Å²) >= 11 is 1.64. The molecule has 7 heteroatoms. The van der Waals surface area contributed by atoms with Gasteiger partial charge in [0.25, 0.3) is 0 Å². The van der Waals surface area contributed by atoms with E-state index in [1.54, 1.807) is 18.1 Å². The van der Waals surface area contributed by atoms with E-state index >= 15 is 0 Å². The van der Waals surface area contributed by atoms with Gasteiger partial charge in [0.2, 0.25) is 0 Å². The van der Waals surface area contributed by atoms with Gasteiger partial charge in [0, 0.05) is 18.8 Å². The van der Waals surface area contributed by atoms with Gasteiger partial charge in [-0.3, -0.25) is 4.79 Å². The van der Waals surface area contributed by atoms with Crippen LogP contribution in [0.2, 0.25) is 0 Å². The van der Waals surface area contributed by atoms with E-state index in [-0.39, 0.29) is 12.0 Å². The van der Waals surface area contributed by atoms with Crippen molar-refractivity contribution in [2.45, 2.75) is 22.9 Å². The van der Waals surface area contributed by atoms with E-state index in [9.17, 15) is 4.79 Å². The average molecular weight is 242 g/mol. The van der Waals surface area contributed by atoms with Crippen LogP contribution in [0.25, 0.3) is 0 Å². The predicted octanol–water partition coefficient (Wildman–Crippen LogP) is -0.189. The molecule has 2 heterocycles. The summed E-state index contributed by atoms with van der Waals surface area (Å²) in [6, 6.07) is -0.185. The molecule has 16 heavy (non-hydrogen) atoms. The van der Waals surface area contributed by atoms with Gasteiger partial charge >= 0.3 is 5.97 Å². The minimum atomic E-state index is -0.193. The van der Waals surface area contributed by atoms with Gasteiger partial charge in [-0.25, -0.2) is 0 Å². The maximum absolute atomic E-state index is 11.3. The quantitative estimate of drug-likeness (QED) is 0.741. The van der Waals surface area contributed by atoms with Crippen LogP contribution in [-0.2, 0) is 16.6 Å². The molecule has 0 aromatic carbocycles. The molecule has 2 atom stereocenters. The lowest BCUT2D eigenvalue weighted by Gasteiger charge is -2.07. The van der Waals surface area contributed by atoms with Gasteiger partial charge in [-0.15, -0.1) is 10.2 Å². The van der Waals surface area contributed by atoms with Crippen molar-refractivity contribution >= 4 is 17.7 Å². The first-order valence-corrected chi connectivity index (χ1v) is 5.90. The Balaban J connectivity index is 1.90. The Bertz CT molecular complexity index is 381. The second-order valence-corrected chi connectivity index (χ2v) is 4.95. The number of esters is 1. The smallest absolute Gasteiger partial charge is 0.322 e. The Hall–Kier alpha value is -1.08. The molecule has 0 unspecified atom stereocenters. The highest BCUT2D eigenvalue weighted by Gasteiger charge is 2.31. The van der Waals surface area contributed by atoms with Gasteiger partial charge in [-0.1, -0.05) is 11.8 Å². The van der Waals surface area contributed by atoms with Crippen molar-refractivity contribution in [1.29, 1.82) is 0 Å². The number of carbonyl (C=O) groups excluding carboxylic acids is 1. The number of thioether (sulfide) groups is 1. The number of rotatable bonds is 3. The molecule has 2 rings (SSSR count). The first-order valence-electron chi connectivity index (χ1n) is 5.02. The molecular formula is C9H14N4O2S. The van der Waals surface area contributed by atoms with Crippen LogP contribution in [0.15, 0.2) is 11.5 Å². The van der Waals surface area contributed by atoms with Gasteiger partial charge in [0.05, 0.1) is 7.11 Å². The zero-order valence-corrected chi connectivity index (χ0v) is 10.0. The Morgan fingerprint density at radius 2 is 2.56 bits per heavy atom. The number of ether oxygens (including phenoxy) is 1. The normalized spacial score (nSPS) is 24.6. The second kappa shape index (κ2) is 4.84. The van der Waals surface area contributed by atoms with Gasteiger partial charge < -0.3 is 14.6 Å². The molecule has 0 saturated carbocycles. The fraction of sp³-hybridized carbons (Fsp3) is 0.667. The highest BCUT2D eigenvalue weighted by atomic mass is 32.2. The fourth-order valence-corrected chi connectivity index (χ4v) is 2.72. The third-order valence-corrected chi connectivity index (χ3v) is 3.79. The molecule has 1 aliphatic heterocycles. The number of aryl methyl sites for hydroxylation is 1. The van der Waals surface area contributed by atoms with Crippen LogP contribution in [-0.4, -0.2) is 45.7 Å². The lowest BCUT2D eigenvalue weighted by atomic mass is 10.2. The van der Waals surface area contributed by atoms with E-state index in [4.69, 9.17) is 4.74 Å². The molecule has 0 bridgehead atoms.